The van der Waals surface area contributed by atoms with Gasteiger partial charge in [-0.25, -0.2) is 4.79 Å². The largest absolute Gasteiger partial charge is 0.442 e. The summed E-state index contributed by atoms with van der Waals surface area (Å²) >= 11 is 0. The molecular weight excluding hydrogens is 410 g/mol. The molecule has 0 aliphatic carbocycles. The molecule has 2 aromatic rings. The van der Waals surface area contributed by atoms with Gasteiger partial charge in [-0.2, -0.15) is 0 Å². The molecule has 4 amide bonds. The lowest BCUT2D eigenvalue weighted by molar-refractivity contribution is -0.133. The third-order valence-corrected chi connectivity index (χ3v) is 6.16. The molecule has 0 spiro atoms. The predicted octanol–water partition coefficient (Wildman–Crippen LogP) is 2.82. The van der Waals surface area contributed by atoms with E-state index < -0.39 is 12.2 Å². The summed E-state index contributed by atoms with van der Waals surface area (Å²) in [5, 5.41) is 0. The summed E-state index contributed by atoms with van der Waals surface area (Å²) < 4.78 is 5.47. The van der Waals surface area contributed by atoms with Crippen molar-refractivity contribution < 1.29 is 23.9 Å². The van der Waals surface area contributed by atoms with Crippen molar-refractivity contribution in [1.29, 1.82) is 0 Å². The van der Waals surface area contributed by atoms with Crippen LogP contribution in [0.4, 0.5) is 10.5 Å². The molecule has 2 saturated heterocycles. The number of piperidine rings is 1. The smallest absolute Gasteiger partial charge is 0.414 e. The number of fused-ring (bicyclic) bond motifs is 1. The fraction of sp³-hybridized carbons (Fsp3) is 0.333. The number of likely N-dealkylation sites (tertiary alicyclic amines) is 1. The van der Waals surface area contributed by atoms with Crippen LogP contribution in [0.25, 0.3) is 0 Å². The summed E-state index contributed by atoms with van der Waals surface area (Å²) in [6, 6.07) is 14.2. The van der Waals surface area contributed by atoms with Crippen LogP contribution in [0.5, 0.6) is 0 Å². The van der Waals surface area contributed by atoms with Gasteiger partial charge < -0.3 is 9.64 Å². The van der Waals surface area contributed by atoms with Gasteiger partial charge in [0.1, 0.15) is 6.10 Å². The van der Waals surface area contributed by atoms with Gasteiger partial charge in [-0.15, -0.1) is 0 Å². The Bertz CT molecular complexity index is 1080. The van der Waals surface area contributed by atoms with Crippen LogP contribution >= 0.6 is 0 Å². The van der Waals surface area contributed by atoms with E-state index in [1.165, 1.54) is 4.90 Å². The summed E-state index contributed by atoms with van der Waals surface area (Å²) in [6.45, 7) is 1.50. The van der Waals surface area contributed by atoms with Crippen molar-refractivity contribution in [2.45, 2.75) is 31.9 Å². The van der Waals surface area contributed by atoms with Gasteiger partial charge in [-0.1, -0.05) is 24.3 Å². The normalized spacial score (nSPS) is 20.8. The second kappa shape index (κ2) is 8.11. The van der Waals surface area contributed by atoms with Gasteiger partial charge in [0, 0.05) is 25.2 Å². The molecule has 32 heavy (non-hydrogen) atoms. The molecule has 3 aliphatic heterocycles. The second-order valence-electron chi connectivity index (χ2n) is 8.33. The first-order valence-corrected chi connectivity index (χ1v) is 10.8. The highest BCUT2D eigenvalue weighted by molar-refractivity contribution is 6.21. The van der Waals surface area contributed by atoms with E-state index in [2.05, 4.69) is 0 Å². The van der Waals surface area contributed by atoms with Gasteiger partial charge >= 0.3 is 6.09 Å². The third kappa shape index (κ3) is 3.62. The Hall–Kier alpha value is -3.68. The Balaban J connectivity index is 1.27. The lowest BCUT2D eigenvalue weighted by atomic mass is 10.1. The van der Waals surface area contributed by atoms with Crippen molar-refractivity contribution in [3.8, 4) is 0 Å². The standard InChI is InChI=1S/C24H23N3O5/c28-21-10-3-4-11-25(21)13-16-6-5-7-17(12-16)26-14-18(32-24(26)31)15-27-22(29)19-8-1-2-9-20(19)23(27)30/h1-2,5-9,12,18H,3-4,10-11,13-15H2/t18-/m1/s1. The van der Waals surface area contributed by atoms with Crippen LogP contribution in [-0.4, -0.2) is 59.4 Å². The molecule has 0 bridgehead atoms. The van der Waals surface area contributed by atoms with E-state index in [1.807, 2.05) is 29.2 Å². The molecule has 0 radical (unpaired) electrons. The van der Waals surface area contributed by atoms with Gasteiger partial charge in [-0.05, 0) is 42.7 Å². The Morgan fingerprint density at radius 2 is 1.66 bits per heavy atom. The van der Waals surface area contributed by atoms with Crippen molar-refractivity contribution in [3.63, 3.8) is 0 Å². The van der Waals surface area contributed by atoms with Crippen molar-refractivity contribution in [1.82, 2.24) is 9.80 Å². The maximum atomic E-state index is 12.6. The van der Waals surface area contributed by atoms with E-state index in [0.717, 1.165) is 29.8 Å². The van der Waals surface area contributed by atoms with Crippen molar-refractivity contribution in [2.75, 3.05) is 24.5 Å². The molecule has 5 rings (SSSR count). The molecule has 0 N–H and O–H groups in total. The van der Waals surface area contributed by atoms with Crippen LogP contribution in [0.1, 0.15) is 45.5 Å². The van der Waals surface area contributed by atoms with E-state index in [-0.39, 0.29) is 30.8 Å². The molecule has 2 fully saturated rings. The highest BCUT2D eigenvalue weighted by atomic mass is 16.6. The van der Waals surface area contributed by atoms with Crippen molar-refractivity contribution in [2.24, 2.45) is 0 Å². The minimum absolute atomic E-state index is 0.0105. The van der Waals surface area contributed by atoms with Gasteiger partial charge in [0.05, 0.1) is 24.2 Å². The number of hydrogen-bond acceptors (Lipinski definition) is 5. The van der Waals surface area contributed by atoms with Gasteiger partial charge in [0.2, 0.25) is 5.91 Å². The number of imide groups is 1. The SMILES string of the molecule is O=C1CCCCN1Cc1cccc(N2C[C@H](CN3C(=O)c4ccccc4C3=O)OC2=O)c1. The lowest BCUT2D eigenvalue weighted by Gasteiger charge is -2.27. The Labute approximate surface area is 185 Å². The summed E-state index contributed by atoms with van der Waals surface area (Å²) in [5.41, 5.74) is 2.36. The number of ether oxygens (including phenoxy) is 1. The maximum absolute atomic E-state index is 12.6. The predicted molar refractivity (Wildman–Crippen MR) is 115 cm³/mol. The fourth-order valence-electron chi connectivity index (χ4n) is 4.51. The average molecular weight is 433 g/mol. The van der Waals surface area contributed by atoms with Crippen LogP contribution in [0.15, 0.2) is 48.5 Å². The minimum Gasteiger partial charge on any atom is -0.442 e. The quantitative estimate of drug-likeness (QED) is 0.677. The molecule has 2 aromatic carbocycles. The highest BCUT2D eigenvalue weighted by Crippen LogP contribution is 2.27. The second-order valence-corrected chi connectivity index (χ2v) is 8.33. The van der Waals surface area contributed by atoms with E-state index in [1.54, 1.807) is 24.3 Å². The Morgan fingerprint density at radius 1 is 0.906 bits per heavy atom. The number of anilines is 1. The van der Waals surface area contributed by atoms with Gasteiger partial charge in [0.15, 0.2) is 0 Å². The average Bonchev–Trinajstić information content (AvgIpc) is 3.28. The van der Waals surface area contributed by atoms with Crippen LogP contribution in [0.2, 0.25) is 0 Å². The molecule has 8 heteroatoms. The number of amides is 4. The summed E-state index contributed by atoms with van der Waals surface area (Å²) in [7, 11) is 0. The zero-order valence-electron chi connectivity index (χ0n) is 17.5. The topological polar surface area (TPSA) is 87.2 Å². The van der Waals surface area contributed by atoms with Crippen molar-refractivity contribution in [3.05, 3.63) is 65.2 Å². The molecular formula is C24H23N3O5. The van der Waals surface area contributed by atoms with Crippen molar-refractivity contribution >= 4 is 29.5 Å². The molecule has 0 saturated carbocycles. The number of cyclic esters (lactones) is 1. The molecule has 8 nitrogen and oxygen atoms in total. The first-order valence-electron chi connectivity index (χ1n) is 10.8. The maximum Gasteiger partial charge on any atom is 0.414 e. The Kier molecular flexibility index (Phi) is 5.13. The molecule has 3 heterocycles. The first kappa shape index (κ1) is 20.2. The van der Waals surface area contributed by atoms with Crippen LogP contribution < -0.4 is 4.90 Å². The van der Waals surface area contributed by atoms with Crippen LogP contribution in [-0.2, 0) is 16.1 Å². The number of rotatable bonds is 5. The monoisotopic (exact) mass is 433 g/mol. The molecule has 1 atom stereocenters. The van der Waals surface area contributed by atoms with E-state index in [9.17, 15) is 19.2 Å². The fourth-order valence-corrected chi connectivity index (χ4v) is 4.51. The molecule has 0 unspecified atom stereocenters. The zero-order valence-corrected chi connectivity index (χ0v) is 17.5. The Morgan fingerprint density at radius 3 is 2.38 bits per heavy atom. The minimum atomic E-state index is -0.614. The summed E-state index contributed by atoms with van der Waals surface area (Å²) in [4.78, 5) is 54.4. The number of carbonyl (C=O) groups excluding carboxylic acids is 4. The number of hydrogen-bond donors (Lipinski definition) is 0. The molecule has 0 aromatic heterocycles. The van der Waals surface area contributed by atoms with Crippen LogP contribution in [0, 0.1) is 0 Å². The zero-order chi connectivity index (χ0) is 22.2. The number of nitrogens with zero attached hydrogens (tertiary/aromatic N) is 3. The molecule has 3 aliphatic rings. The lowest BCUT2D eigenvalue weighted by Crippen LogP contribution is -2.38. The third-order valence-electron chi connectivity index (χ3n) is 6.16. The number of carbonyl (C=O) groups is 4. The summed E-state index contributed by atoms with van der Waals surface area (Å²) in [6.07, 6.45) is 1.39. The van der Waals surface area contributed by atoms with Crippen LogP contribution in [0.3, 0.4) is 0 Å². The number of benzene rings is 2. The van der Waals surface area contributed by atoms with E-state index >= 15 is 0 Å². The van der Waals surface area contributed by atoms with Gasteiger partial charge in [-0.3, -0.25) is 24.2 Å². The summed E-state index contributed by atoms with van der Waals surface area (Å²) in [5.74, 6) is -0.579. The van der Waals surface area contributed by atoms with Gasteiger partial charge in [0.25, 0.3) is 11.8 Å². The van der Waals surface area contributed by atoms with E-state index in [0.29, 0.717) is 29.8 Å². The highest BCUT2D eigenvalue weighted by Gasteiger charge is 2.40. The first-order chi connectivity index (χ1) is 15.5. The molecule has 164 valence electrons. The van der Waals surface area contributed by atoms with E-state index in [4.69, 9.17) is 4.74 Å².